The Bertz CT molecular complexity index is 533. The molecule has 0 spiro atoms. The summed E-state index contributed by atoms with van der Waals surface area (Å²) in [5.74, 6) is 0. The molecule has 0 radical (unpaired) electrons. The summed E-state index contributed by atoms with van der Waals surface area (Å²) in [7, 11) is 0. The van der Waals surface area contributed by atoms with E-state index in [-0.39, 0.29) is 0 Å². The Morgan fingerprint density at radius 3 is 2.91 bits per heavy atom. The van der Waals surface area contributed by atoms with Gasteiger partial charge in [-0.2, -0.15) is 5.26 Å². The second-order valence-electron chi connectivity index (χ2n) is 6.40. The van der Waals surface area contributed by atoms with Crippen molar-refractivity contribution >= 4 is 5.69 Å². The third-order valence-corrected chi connectivity index (χ3v) is 4.57. The van der Waals surface area contributed by atoms with Crippen molar-refractivity contribution < 1.29 is 0 Å². The van der Waals surface area contributed by atoms with E-state index in [9.17, 15) is 5.26 Å². The van der Waals surface area contributed by atoms with Gasteiger partial charge >= 0.3 is 0 Å². The summed E-state index contributed by atoms with van der Waals surface area (Å²) in [6, 6.07) is 4.97. The quantitative estimate of drug-likeness (QED) is 0.815. The maximum Gasteiger partial charge on any atom is 0.103 e. The van der Waals surface area contributed by atoms with Crippen LogP contribution in [-0.2, 0) is 0 Å². The second-order valence-corrected chi connectivity index (χ2v) is 6.40. The van der Waals surface area contributed by atoms with Crippen molar-refractivity contribution in [3.05, 3.63) is 23.0 Å². The Labute approximate surface area is 134 Å². The van der Waals surface area contributed by atoms with Crippen LogP contribution in [0.4, 0.5) is 5.69 Å². The fourth-order valence-corrected chi connectivity index (χ4v) is 3.26. The summed E-state index contributed by atoms with van der Waals surface area (Å²) in [6.45, 7) is 9.59. The lowest BCUT2D eigenvalue weighted by Gasteiger charge is -2.33. The van der Waals surface area contributed by atoms with E-state index in [1.165, 1.54) is 38.8 Å². The van der Waals surface area contributed by atoms with Crippen molar-refractivity contribution in [2.75, 3.05) is 25.0 Å². The van der Waals surface area contributed by atoms with E-state index in [0.717, 1.165) is 36.1 Å². The van der Waals surface area contributed by atoms with Crippen molar-refractivity contribution in [2.24, 2.45) is 0 Å². The summed E-state index contributed by atoms with van der Waals surface area (Å²) in [5, 5.41) is 12.7. The summed E-state index contributed by atoms with van der Waals surface area (Å²) in [5.41, 5.74) is 3.38. The van der Waals surface area contributed by atoms with Gasteiger partial charge in [-0.25, -0.2) is 0 Å². The number of aromatic nitrogens is 1. The summed E-state index contributed by atoms with van der Waals surface area (Å²) in [4.78, 5) is 6.97. The molecule has 1 aromatic heterocycles. The first-order valence-electron chi connectivity index (χ1n) is 8.48. The molecule has 0 saturated carbocycles. The van der Waals surface area contributed by atoms with Gasteiger partial charge < -0.3 is 10.2 Å². The Kier molecular flexibility index (Phi) is 6.21. The monoisotopic (exact) mass is 300 g/mol. The molecule has 1 saturated heterocycles. The Hall–Kier alpha value is -1.60. The van der Waals surface area contributed by atoms with Crippen LogP contribution in [0.1, 0.15) is 56.0 Å². The third kappa shape index (κ3) is 4.45. The van der Waals surface area contributed by atoms with Crippen LogP contribution in [0.25, 0.3) is 0 Å². The van der Waals surface area contributed by atoms with Crippen LogP contribution in [0.15, 0.2) is 6.07 Å². The number of rotatable bonds is 6. The number of unbranched alkanes of at least 4 members (excludes halogenated alkanes) is 1. The molecule has 120 valence electrons. The number of pyridine rings is 1. The zero-order valence-corrected chi connectivity index (χ0v) is 14.2. The topological polar surface area (TPSA) is 52.0 Å². The Morgan fingerprint density at radius 1 is 1.36 bits per heavy atom. The van der Waals surface area contributed by atoms with Gasteiger partial charge in [0, 0.05) is 18.3 Å². The molecule has 1 aliphatic heterocycles. The highest BCUT2D eigenvalue weighted by atomic mass is 15.2. The van der Waals surface area contributed by atoms with Gasteiger partial charge in [-0.05, 0) is 65.6 Å². The molecule has 2 heterocycles. The standard InChI is InChI=1S/C18H28N4/c1-14-12-18(17(13-19)16(3)21-14)20-9-5-7-11-22-10-6-4-8-15(22)2/h12,15H,4-11H2,1-3H3,(H,20,21). The predicted octanol–water partition coefficient (Wildman–Crippen LogP) is 3.64. The third-order valence-electron chi connectivity index (χ3n) is 4.57. The largest absolute Gasteiger partial charge is 0.384 e. The van der Waals surface area contributed by atoms with Gasteiger partial charge in [-0.15, -0.1) is 0 Å². The number of likely N-dealkylation sites (tertiary alicyclic amines) is 1. The van der Waals surface area contributed by atoms with E-state index in [1.54, 1.807) is 0 Å². The molecular formula is C18H28N4. The molecule has 0 aromatic carbocycles. The predicted molar refractivity (Wildman–Crippen MR) is 91.0 cm³/mol. The van der Waals surface area contributed by atoms with Gasteiger partial charge in [-0.3, -0.25) is 4.98 Å². The van der Waals surface area contributed by atoms with Crippen molar-refractivity contribution in [3.63, 3.8) is 0 Å². The number of aryl methyl sites for hydroxylation is 2. The van der Waals surface area contributed by atoms with E-state index in [0.29, 0.717) is 5.56 Å². The first-order valence-corrected chi connectivity index (χ1v) is 8.48. The number of nitriles is 1. The highest BCUT2D eigenvalue weighted by Crippen LogP contribution is 2.19. The smallest absolute Gasteiger partial charge is 0.103 e. The Morgan fingerprint density at radius 2 is 2.18 bits per heavy atom. The lowest BCUT2D eigenvalue weighted by atomic mass is 10.0. The van der Waals surface area contributed by atoms with Gasteiger partial charge in [0.1, 0.15) is 6.07 Å². The lowest BCUT2D eigenvalue weighted by molar-refractivity contribution is 0.158. The number of piperidine rings is 1. The van der Waals surface area contributed by atoms with Crippen LogP contribution in [0.2, 0.25) is 0 Å². The molecule has 0 bridgehead atoms. The van der Waals surface area contributed by atoms with Crippen LogP contribution < -0.4 is 5.32 Å². The molecule has 1 fully saturated rings. The highest BCUT2D eigenvalue weighted by Gasteiger charge is 2.17. The van der Waals surface area contributed by atoms with E-state index in [2.05, 4.69) is 28.2 Å². The molecule has 4 nitrogen and oxygen atoms in total. The molecule has 22 heavy (non-hydrogen) atoms. The van der Waals surface area contributed by atoms with Gasteiger partial charge in [0.25, 0.3) is 0 Å². The number of nitrogens with one attached hydrogen (secondary N) is 1. The van der Waals surface area contributed by atoms with Gasteiger partial charge in [-0.1, -0.05) is 6.42 Å². The minimum atomic E-state index is 0.676. The van der Waals surface area contributed by atoms with Crippen LogP contribution in [0.5, 0.6) is 0 Å². The molecule has 1 atom stereocenters. The molecule has 1 N–H and O–H groups in total. The molecule has 2 rings (SSSR count). The van der Waals surface area contributed by atoms with E-state index >= 15 is 0 Å². The summed E-state index contributed by atoms with van der Waals surface area (Å²) in [6.07, 6.45) is 6.43. The SMILES string of the molecule is Cc1cc(NCCCCN2CCCCC2C)c(C#N)c(C)n1. The molecular weight excluding hydrogens is 272 g/mol. The van der Waals surface area contributed by atoms with E-state index in [4.69, 9.17) is 0 Å². The molecule has 0 amide bonds. The Balaban J connectivity index is 1.76. The molecule has 4 heteroatoms. The minimum absolute atomic E-state index is 0.676. The average Bonchev–Trinajstić information content (AvgIpc) is 2.48. The summed E-state index contributed by atoms with van der Waals surface area (Å²) >= 11 is 0. The van der Waals surface area contributed by atoms with Crippen molar-refractivity contribution in [1.29, 1.82) is 5.26 Å². The minimum Gasteiger partial charge on any atom is -0.384 e. The van der Waals surface area contributed by atoms with Crippen LogP contribution in [0.3, 0.4) is 0 Å². The molecule has 1 aromatic rings. The maximum atomic E-state index is 9.26. The molecule has 1 aliphatic rings. The highest BCUT2D eigenvalue weighted by molar-refractivity contribution is 5.59. The first kappa shape index (κ1) is 16.8. The van der Waals surface area contributed by atoms with Gasteiger partial charge in [0.15, 0.2) is 0 Å². The number of hydrogen-bond acceptors (Lipinski definition) is 4. The average molecular weight is 300 g/mol. The second kappa shape index (κ2) is 8.14. The van der Waals surface area contributed by atoms with Gasteiger partial charge in [0.05, 0.1) is 16.9 Å². The van der Waals surface area contributed by atoms with Crippen molar-refractivity contribution in [1.82, 2.24) is 9.88 Å². The van der Waals surface area contributed by atoms with Crippen LogP contribution >= 0.6 is 0 Å². The van der Waals surface area contributed by atoms with Crippen molar-refractivity contribution in [2.45, 2.75) is 58.9 Å². The van der Waals surface area contributed by atoms with Crippen LogP contribution in [0, 0.1) is 25.2 Å². The lowest BCUT2D eigenvalue weighted by Crippen LogP contribution is -2.38. The first-order chi connectivity index (χ1) is 10.6. The maximum absolute atomic E-state index is 9.26. The fourth-order valence-electron chi connectivity index (χ4n) is 3.26. The normalized spacial score (nSPS) is 18.9. The number of hydrogen-bond donors (Lipinski definition) is 1. The van der Waals surface area contributed by atoms with Crippen molar-refractivity contribution in [3.8, 4) is 6.07 Å². The fraction of sp³-hybridized carbons (Fsp3) is 0.667. The zero-order valence-electron chi connectivity index (χ0n) is 14.2. The number of anilines is 1. The molecule has 0 aliphatic carbocycles. The van der Waals surface area contributed by atoms with Gasteiger partial charge in [0.2, 0.25) is 0 Å². The van der Waals surface area contributed by atoms with E-state index < -0.39 is 0 Å². The number of nitrogens with zero attached hydrogens (tertiary/aromatic N) is 3. The van der Waals surface area contributed by atoms with E-state index in [1.807, 2.05) is 19.9 Å². The zero-order chi connectivity index (χ0) is 15.9. The van der Waals surface area contributed by atoms with Crippen LogP contribution in [-0.4, -0.2) is 35.6 Å². The molecule has 1 unspecified atom stereocenters. The summed E-state index contributed by atoms with van der Waals surface area (Å²) < 4.78 is 0.